The maximum atomic E-state index is 12.5. The van der Waals surface area contributed by atoms with Gasteiger partial charge in [0.15, 0.2) is 6.17 Å². The normalized spacial score (nSPS) is 41.1. The zero-order valence-corrected chi connectivity index (χ0v) is 6.38. The molecule has 1 heterocycles. The highest BCUT2D eigenvalue weighted by molar-refractivity contribution is 5.02. The van der Waals surface area contributed by atoms with Crippen LogP contribution in [0.5, 0.6) is 0 Å². The summed E-state index contributed by atoms with van der Waals surface area (Å²) in [6, 6.07) is 0. The van der Waals surface area contributed by atoms with Crippen molar-refractivity contribution < 1.29 is 32.5 Å². The predicted octanol–water partition coefficient (Wildman–Crippen LogP) is 0.00900. The van der Waals surface area contributed by atoms with Gasteiger partial charge in [-0.25, -0.2) is 4.39 Å². The Morgan fingerprint density at radius 2 is 2.00 bits per heavy atom. The molecule has 7 heteroatoms. The Morgan fingerprint density at radius 1 is 1.46 bits per heavy atom. The van der Waals surface area contributed by atoms with Crippen LogP contribution in [-0.4, -0.2) is 47.5 Å². The third-order valence-electron chi connectivity index (χ3n) is 2.04. The van der Waals surface area contributed by atoms with Crippen molar-refractivity contribution in [1.29, 1.82) is 0 Å². The van der Waals surface area contributed by atoms with E-state index in [9.17, 15) is 17.6 Å². The molecule has 2 N–H and O–H groups in total. The lowest BCUT2D eigenvalue weighted by molar-refractivity contribution is -0.294. The van der Waals surface area contributed by atoms with Crippen molar-refractivity contribution in [2.45, 2.75) is 24.1 Å². The van der Waals surface area contributed by atoms with Gasteiger partial charge in [0.25, 0.3) is 0 Å². The minimum atomic E-state index is -4.98. The molecular formula is C6H8F4O3. The Labute approximate surface area is 70.9 Å². The highest BCUT2D eigenvalue weighted by atomic mass is 19.4. The molecule has 0 radical (unpaired) electrons. The van der Waals surface area contributed by atoms with Gasteiger partial charge in [-0.1, -0.05) is 0 Å². The van der Waals surface area contributed by atoms with Gasteiger partial charge < -0.3 is 14.9 Å². The molecule has 0 aromatic carbocycles. The van der Waals surface area contributed by atoms with Crippen molar-refractivity contribution in [1.82, 2.24) is 0 Å². The Balaban J connectivity index is 2.95. The van der Waals surface area contributed by atoms with Crippen LogP contribution in [0.3, 0.4) is 0 Å². The zero-order chi connectivity index (χ0) is 10.3. The average Bonchev–Trinajstić information content (AvgIpc) is 2.29. The van der Waals surface area contributed by atoms with Crippen LogP contribution in [0, 0.1) is 0 Å². The first-order valence-corrected chi connectivity index (χ1v) is 3.49. The SMILES string of the molecule is OC[C@@]1(C(F)(F)F)OC[C@H](F)[C@@H]1O. The number of ether oxygens (including phenoxy) is 1. The Bertz CT molecular complexity index is 195. The molecule has 0 unspecified atom stereocenters. The summed E-state index contributed by atoms with van der Waals surface area (Å²) in [4.78, 5) is 0. The molecule has 0 spiro atoms. The van der Waals surface area contributed by atoms with E-state index in [1.807, 2.05) is 0 Å². The molecule has 1 aliphatic heterocycles. The highest BCUT2D eigenvalue weighted by Gasteiger charge is 2.66. The Morgan fingerprint density at radius 3 is 2.15 bits per heavy atom. The van der Waals surface area contributed by atoms with E-state index in [4.69, 9.17) is 10.2 Å². The lowest BCUT2D eigenvalue weighted by Crippen LogP contribution is -2.56. The molecule has 0 bridgehead atoms. The lowest BCUT2D eigenvalue weighted by Gasteiger charge is -2.31. The topological polar surface area (TPSA) is 49.7 Å². The first kappa shape index (κ1) is 10.7. The molecule has 0 aromatic rings. The van der Waals surface area contributed by atoms with E-state index in [-0.39, 0.29) is 0 Å². The van der Waals surface area contributed by atoms with Crippen molar-refractivity contribution in [3.05, 3.63) is 0 Å². The summed E-state index contributed by atoms with van der Waals surface area (Å²) in [6.07, 6.45) is -9.46. The van der Waals surface area contributed by atoms with Gasteiger partial charge in [-0.15, -0.1) is 0 Å². The summed E-state index contributed by atoms with van der Waals surface area (Å²) in [6.45, 7) is -2.35. The second-order valence-corrected chi connectivity index (χ2v) is 2.82. The van der Waals surface area contributed by atoms with Gasteiger partial charge >= 0.3 is 6.18 Å². The molecule has 1 fully saturated rings. The summed E-state index contributed by atoms with van der Waals surface area (Å²) in [5.74, 6) is 0. The third-order valence-corrected chi connectivity index (χ3v) is 2.04. The van der Waals surface area contributed by atoms with Crippen LogP contribution in [0.1, 0.15) is 0 Å². The van der Waals surface area contributed by atoms with Gasteiger partial charge in [-0.05, 0) is 0 Å². The average molecular weight is 204 g/mol. The molecule has 78 valence electrons. The van der Waals surface area contributed by atoms with Crippen LogP contribution < -0.4 is 0 Å². The number of hydrogen-bond acceptors (Lipinski definition) is 3. The van der Waals surface area contributed by atoms with Crippen LogP contribution >= 0.6 is 0 Å². The second kappa shape index (κ2) is 3.07. The Kier molecular flexibility index (Phi) is 2.52. The molecule has 1 aliphatic rings. The van der Waals surface area contributed by atoms with Gasteiger partial charge in [0, 0.05) is 0 Å². The standard InChI is InChI=1S/C6H8F4O3/c7-3-1-13-5(2-11,4(3)12)6(8,9)10/h3-4,11-12H,1-2H2/t3-,4-,5+/m0/s1. The van der Waals surface area contributed by atoms with E-state index in [1.54, 1.807) is 0 Å². The molecule has 0 amide bonds. The zero-order valence-electron chi connectivity index (χ0n) is 6.38. The molecule has 3 nitrogen and oxygen atoms in total. The van der Waals surface area contributed by atoms with Crippen molar-refractivity contribution in [2.75, 3.05) is 13.2 Å². The Hall–Kier alpha value is -0.400. The van der Waals surface area contributed by atoms with Gasteiger partial charge in [-0.3, -0.25) is 0 Å². The van der Waals surface area contributed by atoms with E-state index in [0.717, 1.165) is 0 Å². The van der Waals surface area contributed by atoms with Gasteiger partial charge in [0.2, 0.25) is 5.60 Å². The molecule has 0 saturated carbocycles. The van der Waals surface area contributed by atoms with Crippen LogP contribution in [-0.2, 0) is 4.74 Å². The second-order valence-electron chi connectivity index (χ2n) is 2.82. The van der Waals surface area contributed by atoms with Crippen LogP contribution in [0.15, 0.2) is 0 Å². The summed E-state index contributed by atoms with van der Waals surface area (Å²) >= 11 is 0. The lowest BCUT2D eigenvalue weighted by atomic mass is 9.96. The van der Waals surface area contributed by atoms with E-state index in [2.05, 4.69) is 4.74 Å². The van der Waals surface area contributed by atoms with Gasteiger partial charge in [0.05, 0.1) is 13.2 Å². The smallest absolute Gasteiger partial charge is 0.393 e. The predicted molar refractivity (Wildman–Crippen MR) is 32.7 cm³/mol. The maximum absolute atomic E-state index is 12.5. The van der Waals surface area contributed by atoms with Gasteiger partial charge in [-0.2, -0.15) is 13.2 Å². The van der Waals surface area contributed by atoms with E-state index < -0.39 is 37.3 Å². The number of aliphatic hydroxyl groups excluding tert-OH is 2. The van der Waals surface area contributed by atoms with E-state index in [1.165, 1.54) is 0 Å². The van der Waals surface area contributed by atoms with Crippen molar-refractivity contribution in [3.8, 4) is 0 Å². The fourth-order valence-electron chi connectivity index (χ4n) is 1.18. The molecule has 3 atom stereocenters. The van der Waals surface area contributed by atoms with E-state index >= 15 is 0 Å². The monoisotopic (exact) mass is 204 g/mol. The number of hydrogen-bond donors (Lipinski definition) is 2. The van der Waals surface area contributed by atoms with Crippen molar-refractivity contribution >= 4 is 0 Å². The summed E-state index contributed by atoms with van der Waals surface area (Å²) in [5.41, 5.74) is -3.16. The van der Waals surface area contributed by atoms with Crippen LogP contribution in [0.2, 0.25) is 0 Å². The summed E-state index contributed by atoms with van der Waals surface area (Å²) in [5, 5.41) is 17.3. The first-order valence-electron chi connectivity index (χ1n) is 3.49. The summed E-state index contributed by atoms with van der Waals surface area (Å²) in [7, 11) is 0. The minimum absolute atomic E-state index is 0.860. The molecule has 13 heavy (non-hydrogen) atoms. The number of halogens is 4. The fraction of sp³-hybridized carbons (Fsp3) is 1.00. The number of rotatable bonds is 1. The quantitative estimate of drug-likeness (QED) is 0.591. The fourth-order valence-corrected chi connectivity index (χ4v) is 1.18. The highest BCUT2D eigenvalue weighted by Crippen LogP contribution is 2.41. The summed E-state index contributed by atoms with van der Waals surface area (Å²) < 4.78 is 53.3. The molecule has 1 saturated heterocycles. The molecular weight excluding hydrogens is 196 g/mol. The third kappa shape index (κ3) is 1.40. The van der Waals surface area contributed by atoms with Crippen molar-refractivity contribution in [2.24, 2.45) is 0 Å². The maximum Gasteiger partial charge on any atom is 0.422 e. The number of aliphatic hydroxyl groups is 2. The first-order chi connectivity index (χ1) is 5.85. The molecule has 1 rings (SSSR count). The minimum Gasteiger partial charge on any atom is -0.393 e. The van der Waals surface area contributed by atoms with Gasteiger partial charge in [0.1, 0.15) is 6.10 Å². The molecule has 0 aliphatic carbocycles. The number of alkyl halides is 4. The van der Waals surface area contributed by atoms with Crippen LogP contribution in [0.4, 0.5) is 17.6 Å². The van der Waals surface area contributed by atoms with E-state index in [0.29, 0.717) is 0 Å². The van der Waals surface area contributed by atoms with Crippen LogP contribution in [0.25, 0.3) is 0 Å². The van der Waals surface area contributed by atoms with Crippen molar-refractivity contribution in [3.63, 3.8) is 0 Å². The molecule has 0 aromatic heterocycles. The largest absolute Gasteiger partial charge is 0.422 e.